The van der Waals surface area contributed by atoms with E-state index in [1.54, 1.807) is 23.9 Å². The topological polar surface area (TPSA) is 39.9 Å². The number of hydrogen-bond acceptors (Lipinski definition) is 4. The average Bonchev–Trinajstić information content (AvgIpc) is 3.07. The minimum Gasteiger partial charge on any atom is -0.483 e. The van der Waals surface area contributed by atoms with E-state index in [-0.39, 0.29) is 11.9 Å². The minimum atomic E-state index is -0.252. The van der Waals surface area contributed by atoms with E-state index in [0.29, 0.717) is 10.8 Å². The van der Waals surface area contributed by atoms with E-state index < -0.39 is 0 Å². The molecule has 4 nitrogen and oxygen atoms in total. The Morgan fingerprint density at radius 1 is 1.19 bits per heavy atom. The maximum Gasteiger partial charge on any atom is 0.191 e. The molecule has 1 unspecified atom stereocenters. The molecule has 27 heavy (non-hydrogen) atoms. The number of aryl methyl sites for hydroxylation is 1. The Kier molecular flexibility index (Phi) is 6.39. The number of rotatable bonds is 7. The number of halogens is 2. The van der Waals surface area contributed by atoms with Crippen molar-refractivity contribution in [2.24, 2.45) is 0 Å². The van der Waals surface area contributed by atoms with Crippen molar-refractivity contribution in [3.8, 4) is 5.75 Å². The molecule has 0 amide bonds. The summed E-state index contributed by atoms with van der Waals surface area (Å²) in [5.41, 5.74) is 2.00. The van der Waals surface area contributed by atoms with Gasteiger partial charge < -0.3 is 9.30 Å². The van der Waals surface area contributed by atoms with Crippen LogP contribution in [-0.4, -0.2) is 14.8 Å². The molecule has 1 atom stereocenters. The average molecular weight is 406 g/mol. The van der Waals surface area contributed by atoms with E-state index in [2.05, 4.69) is 10.2 Å². The van der Waals surface area contributed by atoms with Crippen LogP contribution in [-0.2, 0) is 12.3 Å². The lowest BCUT2D eigenvalue weighted by Crippen LogP contribution is -2.12. The van der Waals surface area contributed by atoms with Crippen molar-refractivity contribution in [1.82, 2.24) is 14.8 Å². The number of aromatic nitrogens is 3. The van der Waals surface area contributed by atoms with E-state index in [0.717, 1.165) is 34.4 Å². The van der Waals surface area contributed by atoms with Gasteiger partial charge in [-0.25, -0.2) is 4.39 Å². The molecule has 0 aliphatic rings. The molecule has 0 fully saturated rings. The summed E-state index contributed by atoms with van der Waals surface area (Å²) in [6.45, 7) is 6.68. The Balaban J connectivity index is 1.72. The first-order valence-electron chi connectivity index (χ1n) is 8.71. The molecule has 7 heteroatoms. The molecule has 3 rings (SSSR count). The van der Waals surface area contributed by atoms with Gasteiger partial charge in [-0.3, -0.25) is 0 Å². The number of benzene rings is 2. The van der Waals surface area contributed by atoms with Gasteiger partial charge in [0.15, 0.2) is 17.1 Å². The van der Waals surface area contributed by atoms with Crippen molar-refractivity contribution in [2.75, 3.05) is 0 Å². The van der Waals surface area contributed by atoms with E-state index in [4.69, 9.17) is 16.3 Å². The number of nitrogens with zero attached hydrogens (tertiary/aromatic N) is 3. The van der Waals surface area contributed by atoms with Crippen LogP contribution < -0.4 is 4.74 Å². The highest BCUT2D eigenvalue weighted by Gasteiger charge is 2.19. The SMILES string of the molecule is CCn1c(SCc2ccc(F)cc2)nnc1C(C)Oc1ccc(Cl)c(C)c1. The zero-order valence-corrected chi connectivity index (χ0v) is 17.0. The second-order valence-corrected chi connectivity index (χ2v) is 7.52. The minimum absolute atomic E-state index is 0.230. The van der Waals surface area contributed by atoms with Crippen molar-refractivity contribution >= 4 is 23.4 Å². The number of thioether (sulfide) groups is 1. The molecule has 0 saturated heterocycles. The molecule has 0 spiro atoms. The summed E-state index contributed by atoms with van der Waals surface area (Å²) in [5, 5.41) is 10.2. The van der Waals surface area contributed by atoms with Gasteiger partial charge in [0, 0.05) is 17.3 Å². The Bertz CT molecular complexity index is 914. The van der Waals surface area contributed by atoms with E-state index >= 15 is 0 Å². The molecule has 0 N–H and O–H groups in total. The molecule has 0 bridgehead atoms. The van der Waals surface area contributed by atoms with Crippen LogP contribution in [0.1, 0.15) is 36.9 Å². The maximum atomic E-state index is 13.0. The first-order chi connectivity index (χ1) is 13.0. The predicted octanol–water partition coefficient (Wildman–Crippen LogP) is 5.83. The molecule has 0 radical (unpaired) electrons. The Hall–Kier alpha value is -2.05. The molecule has 1 heterocycles. The fourth-order valence-electron chi connectivity index (χ4n) is 2.68. The first-order valence-corrected chi connectivity index (χ1v) is 10.1. The van der Waals surface area contributed by atoms with Crippen molar-refractivity contribution in [2.45, 2.75) is 44.3 Å². The summed E-state index contributed by atoms with van der Waals surface area (Å²) in [7, 11) is 0. The van der Waals surface area contributed by atoms with Crippen molar-refractivity contribution in [3.63, 3.8) is 0 Å². The lowest BCUT2D eigenvalue weighted by molar-refractivity contribution is 0.210. The fourth-order valence-corrected chi connectivity index (χ4v) is 3.76. The second kappa shape index (κ2) is 8.76. The fraction of sp³-hybridized carbons (Fsp3) is 0.300. The largest absolute Gasteiger partial charge is 0.483 e. The monoisotopic (exact) mass is 405 g/mol. The van der Waals surface area contributed by atoms with Gasteiger partial charge in [-0.2, -0.15) is 0 Å². The molecule has 1 aromatic heterocycles. The standard InChI is InChI=1S/C20H21ClFN3OS/c1-4-25-19(14(3)26-17-9-10-18(21)13(2)11-17)23-24-20(25)27-12-15-5-7-16(22)8-6-15/h5-11,14H,4,12H2,1-3H3. The van der Waals surface area contributed by atoms with Crippen molar-refractivity contribution < 1.29 is 9.13 Å². The van der Waals surface area contributed by atoms with E-state index in [1.165, 1.54) is 12.1 Å². The van der Waals surface area contributed by atoms with Gasteiger partial charge in [0.05, 0.1) is 0 Å². The van der Waals surface area contributed by atoms with E-state index in [1.807, 2.05) is 43.5 Å². The zero-order valence-electron chi connectivity index (χ0n) is 15.4. The molecule has 0 saturated carbocycles. The van der Waals surface area contributed by atoms with Crippen LogP contribution in [0.15, 0.2) is 47.6 Å². The molecule has 142 valence electrons. The molecule has 2 aromatic carbocycles. The summed E-state index contributed by atoms with van der Waals surface area (Å²) in [4.78, 5) is 0. The number of ether oxygens (including phenoxy) is 1. The first kappa shape index (κ1) is 19.7. The van der Waals surface area contributed by atoms with Crippen molar-refractivity contribution in [3.05, 3.63) is 70.3 Å². The highest BCUT2D eigenvalue weighted by atomic mass is 35.5. The zero-order chi connectivity index (χ0) is 19.4. The normalized spacial score (nSPS) is 12.2. The lowest BCUT2D eigenvalue weighted by Gasteiger charge is -2.16. The summed E-state index contributed by atoms with van der Waals surface area (Å²) < 4.78 is 21.1. The summed E-state index contributed by atoms with van der Waals surface area (Å²) in [6, 6.07) is 12.1. The Morgan fingerprint density at radius 2 is 1.93 bits per heavy atom. The van der Waals surface area contributed by atoms with Gasteiger partial charge in [-0.05, 0) is 62.2 Å². The van der Waals surface area contributed by atoms with Gasteiger partial charge in [-0.15, -0.1) is 10.2 Å². The summed E-state index contributed by atoms with van der Waals surface area (Å²) in [6.07, 6.45) is -0.252. The molecular weight excluding hydrogens is 385 g/mol. The van der Waals surface area contributed by atoms with E-state index in [9.17, 15) is 4.39 Å². The molecule has 3 aromatic rings. The van der Waals surface area contributed by atoms with Crippen LogP contribution in [0.4, 0.5) is 4.39 Å². The van der Waals surface area contributed by atoms with Gasteiger partial charge in [0.2, 0.25) is 0 Å². The van der Waals surface area contributed by atoms with Gasteiger partial charge in [0.1, 0.15) is 11.6 Å². The summed E-state index contributed by atoms with van der Waals surface area (Å²) >= 11 is 7.65. The Morgan fingerprint density at radius 3 is 2.59 bits per heavy atom. The predicted molar refractivity (Wildman–Crippen MR) is 107 cm³/mol. The lowest BCUT2D eigenvalue weighted by atomic mass is 10.2. The number of hydrogen-bond donors (Lipinski definition) is 0. The van der Waals surface area contributed by atoms with Crippen LogP contribution in [0, 0.1) is 12.7 Å². The smallest absolute Gasteiger partial charge is 0.191 e. The van der Waals surface area contributed by atoms with Crippen LogP contribution in [0.5, 0.6) is 5.75 Å². The quantitative estimate of drug-likeness (QED) is 0.463. The molecular formula is C20H21ClFN3OS. The highest BCUT2D eigenvalue weighted by Crippen LogP contribution is 2.28. The molecule has 0 aliphatic carbocycles. The maximum absolute atomic E-state index is 13.0. The van der Waals surface area contributed by atoms with Gasteiger partial charge in [-0.1, -0.05) is 35.5 Å². The van der Waals surface area contributed by atoms with Gasteiger partial charge >= 0.3 is 0 Å². The highest BCUT2D eigenvalue weighted by molar-refractivity contribution is 7.98. The third-order valence-electron chi connectivity index (χ3n) is 4.15. The van der Waals surface area contributed by atoms with Crippen LogP contribution in [0.25, 0.3) is 0 Å². The van der Waals surface area contributed by atoms with Crippen LogP contribution in [0.2, 0.25) is 5.02 Å². The van der Waals surface area contributed by atoms with Crippen molar-refractivity contribution in [1.29, 1.82) is 0 Å². The second-order valence-electron chi connectivity index (χ2n) is 6.17. The molecule has 0 aliphatic heterocycles. The Labute approximate surface area is 167 Å². The summed E-state index contributed by atoms with van der Waals surface area (Å²) in [5.74, 6) is 1.98. The van der Waals surface area contributed by atoms with Crippen LogP contribution >= 0.6 is 23.4 Å². The van der Waals surface area contributed by atoms with Crippen LogP contribution in [0.3, 0.4) is 0 Å². The third kappa shape index (κ3) is 4.82. The van der Waals surface area contributed by atoms with Gasteiger partial charge in [0.25, 0.3) is 0 Å². The third-order valence-corrected chi connectivity index (χ3v) is 5.61.